The van der Waals surface area contributed by atoms with Crippen LogP contribution in [0.2, 0.25) is 0 Å². The van der Waals surface area contributed by atoms with Gasteiger partial charge in [0.05, 0.1) is 25.0 Å². The van der Waals surface area contributed by atoms with Crippen molar-refractivity contribution in [2.75, 3.05) is 18.2 Å². The Morgan fingerprint density at radius 1 is 1.33 bits per heavy atom. The van der Waals surface area contributed by atoms with E-state index in [0.29, 0.717) is 5.69 Å². The Morgan fingerprint density at radius 3 is 2.71 bits per heavy atom. The van der Waals surface area contributed by atoms with Crippen LogP contribution in [0.4, 0.5) is 10.1 Å². The summed E-state index contributed by atoms with van der Waals surface area (Å²) in [6.07, 6.45) is -0.129. The second-order valence-electron chi connectivity index (χ2n) is 4.64. The molecule has 0 aliphatic rings. The molecule has 2 rings (SSSR count). The minimum absolute atomic E-state index is 0.0119. The van der Waals surface area contributed by atoms with Gasteiger partial charge in [0.15, 0.2) is 5.16 Å². The fourth-order valence-corrected chi connectivity index (χ4v) is 2.42. The summed E-state index contributed by atoms with van der Waals surface area (Å²) in [5.74, 6) is -1.26. The van der Waals surface area contributed by atoms with Crippen molar-refractivity contribution in [3.05, 3.63) is 52.2 Å². The van der Waals surface area contributed by atoms with E-state index in [-0.39, 0.29) is 28.9 Å². The molecule has 0 atom stereocenters. The lowest BCUT2D eigenvalue weighted by atomic mass is 10.3. The molecule has 1 heterocycles. The number of anilines is 1. The lowest BCUT2D eigenvalue weighted by Gasteiger charge is -2.05. The zero-order valence-corrected chi connectivity index (χ0v) is 13.5. The summed E-state index contributed by atoms with van der Waals surface area (Å²) in [5, 5.41) is 2.81. The van der Waals surface area contributed by atoms with E-state index >= 15 is 0 Å². The van der Waals surface area contributed by atoms with Crippen LogP contribution in [0.25, 0.3) is 0 Å². The van der Waals surface area contributed by atoms with Crippen molar-refractivity contribution in [1.29, 1.82) is 0 Å². The van der Waals surface area contributed by atoms with Crippen LogP contribution in [-0.2, 0) is 20.7 Å². The first kappa shape index (κ1) is 17.7. The molecule has 0 bridgehead atoms. The maximum atomic E-state index is 12.8. The van der Waals surface area contributed by atoms with Gasteiger partial charge in [-0.15, -0.1) is 0 Å². The minimum atomic E-state index is -0.516. The molecule has 0 fully saturated rings. The zero-order chi connectivity index (χ0) is 17.5. The molecule has 2 N–H and O–H groups in total. The molecule has 0 radical (unpaired) electrons. The van der Waals surface area contributed by atoms with Gasteiger partial charge in [-0.25, -0.2) is 9.37 Å². The van der Waals surface area contributed by atoms with E-state index in [1.807, 2.05) is 0 Å². The number of rotatable bonds is 6. The Balaban J connectivity index is 1.95. The standard InChI is InChI=1S/C15H14FN3O4S/c1-23-14(22)7-11-6-12(20)19-15(18-11)24-8-13(21)17-10-4-2-9(16)3-5-10/h2-6H,7-8H2,1H3,(H,17,21)(H,18,19,20). The predicted octanol–water partition coefficient (Wildman–Crippen LogP) is 1.36. The fraction of sp³-hybridized carbons (Fsp3) is 0.200. The molecule has 1 amide bonds. The molecule has 9 heteroatoms. The van der Waals surface area contributed by atoms with Gasteiger partial charge in [-0.1, -0.05) is 11.8 Å². The van der Waals surface area contributed by atoms with Gasteiger partial charge in [-0.2, -0.15) is 0 Å². The number of esters is 1. The highest BCUT2D eigenvalue weighted by atomic mass is 32.2. The van der Waals surface area contributed by atoms with Gasteiger partial charge in [-0.05, 0) is 24.3 Å². The fourth-order valence-electron chi connectivity index (χ4n) is 1.73. The van der Waals surface area contributed by atoms with Gasteiger partial charge < -0.3 is 15.0 Å². The highest BCUT2D eigenvalue weighted by Crippen LogP contribution is 2.13. The average molecular weight is 351 g/mol. The summed E-state index contributed by atoms with van der Waals surface area (Å²) in [6.45, 7) is 0. The van der Waals surface area contributed by atoms with Crippen LogP contribution < -0.4 is 10.9 Å². The summed E-state index contributed by atoms with van der Waals surface area (Å²) in [5.41, 5.74) is 0.292. The Hall–Kier alpha value is -2.68. The zero-order valence-electron chi connectivity index (χ0n) is 12.7. The van der Waals surface area contributed by atoms with Crippen molar-refractivity contribution < 1.29 is 18.7 Å². The van der Waals surface area contributed by atoms with Gasteiger partial charge >= 0.3 is 5.97 Å². The SMILES string of the molecule is COC(=O)Cc1cc(=O)[nH]c(SCC(=O)Nc2ccc(F)cc2)n1. The number of nitrogens with zero attached hydrogens (tertiary/aromatic N) is 1. The summed E-state index contributed by atoms with van der Waals surface area (Å²) in [7, 11) is 1.24. The third kappa shape index (κ3) is 5.51. The van der Waals surface area contributed by atoms with Gasteiger partial charge in [0.1, 0.15) is 5.82 Å². The van der Waals surface area contributed by atoms with Gasteiger partial charge in [0.2, 0.25) is 5.91 Å². The number of benzene rings is 1. The number of halogens is 1. The van der Waals surface area contributed by atoms with Crippen LogP contribution in [-0.4, -0.2) is 34.7 Å². The maximum absolute atomic E-state index is 12.8. The van der Waals surface area contributed by atoms with Crippen molar-refractivity contribution in [3.63, 3.8) is 0 Å². The molecule has 0 spiro atoms. The van der Waals surface area contributed by atoms with Crippen molar-refractivity contribution in [2.45, 2.75) is 11.6 Å². The normalized spacial score (nSPS) is 10.2. The van der Waals surface area contributed by atoms with Gasteiger partial charge in [-0.3, -0.25) is 14.4 Å². The van der Waals surface area contributed by atoms with E-state index < -0.39 is 17.3 Å². The van der Waals surface area contributed by atoms with Crippen molar-refractivity contribution >= 4 is 29.3 Å². The first-order valence-corrected chi connectivity index (χ1v) is 7.80. The van der Waals surface area contributed by atoms with E-state index in [9.17, 15) is 18.8 Å². The first-order valence-electron chi connectivity index (χ1n) is 6.81. The molecule has 24 heavy (non-hydrogen) atoms. The number of nitrogens with one attached hydrogen (secondary N) is 2. The predicted molar refractivity (Wildman–Crippen MR) is 86.3 cm³/mol. The van der Waals surface area contributed by atoms with Crippen molar-refractivity contribution in [3.8, 4) is 0 Å². The van der Waals surface area contributed by atoms with Gasteiger partial charge in [0.25, 0.3) is 5.56 Å². The molecule has 0 unspecified atom stereocenters. The molecular weight excluding hydrogens is 337 g/mol. The maximum Gasteiger partial charge on any atom is 0.311 e. The number of carbonyl (C=O) groups is 2. The molecule has 2 aromatic rings. The Kier molecular flexibility index (Phi) is 6.07. The highest BCUT2D eigenvalue weighted by molar-refractivity contribution is 7.99. The van der Waals surface area contributed by atoms with Crippen molar-refractivity contribution in [2.24, 2.45) is 0 Å². The summed E-state index contributed by atoms with van der Waals surface area (Å²) in [4.78, 5) is 41.2. The summed E-state index contributed by atoms with van der Waals surface area (Å²) >= 11 is 1.01. The molecule has 126 valence electrons. The minimum Gasteiger partial charge on any atom is -0.469 e. The third-order valence-corrected chi connectivity index (χ3v) is 3.67. The Bertz CT molecular complexity index is 792. The number of carbonyl (C=O) groups excluding carboxylic acids is 2. The number of methoxy groups -OCH3 is 1. The molecular formula is C15H14FN3O4S. The van der Waals surface area contributed by atoms with Crippen LogP contribution in [0.1, 0.15) is 5.69 Å². The third-order valence-electron chi connectivity index (χ3n) is 2.79. The molecule has 0 saturated heterocycles. The number of amides is 1. The summed E-state index contributed by atoms with van der Waals surface area (Å²) in [6, 6.07) is 6.54. The Morgan fingerprint density at radius 2 is 2.04 bits per heavy atom. The Labute approximate surface area is 140 Å². The summed E-state index contributed by atoms with van der Waals surface area (Å²) < 4.78 is 17.3. The number of hydrogen-bond donors (Lipinski definition) is 2. The van der Waals surface area contributed by atoms with Crippen LogP contribution >= 0.6 is 11.8 Å². The molecule has 1 aromatic carbocycles. The highest BCUT2D eigenvalue weighted by Gasteiger charge is 2.10. The second-order valence-corrected chi connectivity index (χ2v) is 5.60. The number of H-pyrrole nitrogens is 1. The largest absolute Gasteiger partial charge is 0.469 e. The molecule has 1 aromatic heterocycles. The van der Waals surface area contributed by atoms with Crippen LogP contribution in [0.5, 0.6) is 0 Å². The van der Waals surface area contributed by atoms with E-state index in [0.717, 1.165) is 11.8 Å². The number of hydrogen-bond acceptors (Lipinski definition) is 6. The van der Waals surface area contributed by atoms with Crippen LogP contribution in [0.15, 0.2) is 40.3 Å². The molecule has 7 nitrogen and oxygen atoms in total. The monoisotopic (exact) mass is 351 g/mol. The lowest BCUT2D eigenvalue weighted by Crippen LogP contribution is -2.17. The van der Waals surface area contributed by atoms with Gasteiger partial charge in [0, 0.05) is 11.8 Å². The first-order chi connectivity index (χ1) is 11.5. The quantitative estimate of drug-likeness (QED) is 0.463. The van der Waals surface area contributed by atoms with Crippen LogP contribution in [0, 0.1) is 5.82 Å². The number of aromatic amines is 1. The second kappa shape index (κ2) is 8.25. The molecule has 0 aliphatic carbocycles. The van der Waals surface area contributed by atoms with E-state index in [2.05, 4.69) is 20.0 Å². The van der Waals surface area contributed by atoms with E-state index in [1.165, 1.54) is 37.4 Å². The lowest BCUT2D eigenvalue weighted by molar-refractivity contribution is -0.139. The van der Waals surface area contributed by atoms with Crippen molar-refractivity contribution in [1.82, 2.24) is 9.97 Å². The smallest absolute Gasteiger partial charge is 0.311 e. The van der Waals surface area contributed by atoms with E-state index in [1.54, 1.807) is 0 Å². The number of ether oxygens (including phenoxy) is 1. The topological polar surface area (TPSA) is 101 Å². The number of thioether (sulfide) groups is 1. The average Bonchev–Trinajstić information content (AvgIpc) is 2.54. The van der Waals surface area contributed by atoms with Crippen LogP contribution in [0.3, 0.4) is 0 Å². The number of aromatic nitrogens is 2. The molecule has 0 saturated carbocycles. The molecule has 0 aliphatic heterocycles. The van der Waals surface area contributed by atoms with E-state index in [4.69, 9.17) is 0 Å².